The third kappa shape index (κ3) is 4.36. The molecule has 0 aliphatic heterocycles. The third-order valence-corrected chi connectivity index (χ3v) is 2.19. The van der Waals surface area contributed by atoms with Crippen LogP contribution in [-0.4, -0.2) is 27.7 Å². The van der Waals surface area contributed by atoms with Gasteiger partial charge in [-0.05, 0) is 19.8 Å². The normalized spacial score (nSPS) is 13.4. The minimum Gasteiger partial charge on any atom is -0.396 e. The Morgan fingerprint density at radius 1 is 1.44 bits per heavy atom. The van der Waals surface area contributed by atoms with Crippen molar-refractivity contribution in [3.8, 4) is 0 Å². The average molecular weight is 264 g/mol. The van der Waals surface area contributed by atoms with Crippen molar-refractivity contribution in [2.24, 2.45) is 0 Å². The van der Waals surface area contributed by atoms with Crippen molar-refractivity contribution in [2.75, 3.05) is 17.7 Å². The second-order valence-electron chi connectivity index (χ2n) is 3.91. The molecule has 0 fully saturated rings. The molecule has 8 heteroatoms. The fourth-order valence-corrected chi connectivity index (χ4v) is 1.39. The van der Waals surface area contributed by atoms with E-state index in [1.807, 2.05) is 0 Å². The van der Waals surface area contributed by atoms with Gasteiger partial charge in [0.05, 0.1) is 0 Å². The summed E-state index contributed by atoms with van der Waals surface area (Å²) in [6, 6.07) is 1.12. The molecule has 0 radical (unpaired) electrons. The summed E-state index contributed by atoms with van der Waals surface area (Å²) in [5.41, 5.74) is 5.30. The maximum atomic E-state index is 12.4. The zero-order valence-electron chi connectivity index (χ0n) is 9.83. The summed E-state index contributed by atoms with van der Waals surface area (Å²) < 4.78 is 37.3. The summed E-state index contributed by atoms with van der Waals surface area (Å²) in [7, 11) is 0. The summed E-state index contributed by atoms with van der Waals surface area (Å²) in [6.45, 7) is 1.81. The molecule has 0 spiro atoms. The number of nitrogen functional groups attached to an aromatic ring is 1. The van der Waals surface area contributed by atoms with E-state index in [-0.39, 0.29) is 24.3 Å². The number of nitrogens with zero attached hydrogens (tertiary/aromatic N) is 2. The fourth-order valence-electron chi connectivity index (χ4n) is 1.39. The number of aliphatic hydroxyl groups is 1. The second-order valence-corrected chi connectivity index (χ2v) is 3.91. The lowest BCUT2D eigenvalue weighted by Crippen LogP contribution is -2.19. The van der Waals surface area contributed by atoms with Crippen LogP contribution >= 0.6 is 0 Å². The van der Waals surface area contributed by atoms with Gasteiger partial charge in [0.15, 0.2) is 0 Å². The largest absolute Gasteiger partial charge is 0.451 e. The van der Waals surface area contributed by atoms with E-state index in [0.717, 1.165) is 0 Å². The third-order valence-electron chi connectivity index (χ3n) is 2.19. The molecule has 4 N–H and O–H groups in total. The van der Waals surface area contributed by atoms with E-state index in [0.29, 0.717) is 12.8 Å². The molecule has 0 aromatic carbocycles. The molecule has 0 aliphatic rings. The average Bonchev–Trinajstić information content (AvgIpc) is 2.24. The topological polar surface area (TPSA) is 84.1 Å². The molecule has 0 aliphatic carbocycles. The maximum Gasteiger partial charge on any atom is 0.451 e. The molecule has 1 unspecified atom stereocenters. The molecule has 1 aromatic heterocycles. The monoisotopic (exact) mass is 264 g/mol. The summed E-state index contributed by atoms with van der Waals surface area (Å²) in [5, 5.41) is 11.4. The van der Waals surface area contributed by atoms with Gasteiger partial charge in [-0.2, -0.15) is 13.2 Å². The standard InChI is InChI=1S/C10H15F3N4O/c1-6(3-2-4-18)15-8-5-7(14)16-9(17-8)10(11,12)13/h5-6,18H,2-4H2,1H3,(H3,14,15,16,17). The zero-order chi connectivity index (χ0) is 13.8. The summed E-state index contributed by atoms with van der Waals surface area (Å²) in [6.07, 6.45) is -3.46. The van der Waals surface area contributed by atoms with Crippen molar-refractivity contribution in [3.05, 3.63) is 11.9 Å². The van der Waals surface area contributed by atoms with Gasteiger partial charge in [0, 0.05) is 18.7 Å². The Hall–Kier alpha value is -1.57. The first-order chi connectivity index (χ1) is 8.32. The second kappa shape index (κ2) is 5.85. The number of halogens is 3. The Morgan fingerprint density at radius 3 is 2.67 bits per heavy atom. The predicted molar refractivity (Wildman–Crippen MR) is 60.9 cm³/mol. The Labute approximate surface area is 102 Å². The Kier molecular flexibility index (Phi) is 4.71. The van der Waals surface area contributed by atoms with Gasteiger partial charge in [0.25, 0.3) is 0 Å². The molecular weight excluding hydrogens is 249 g/mol. The van der Waals surface area contributed by atoms with Gasteiger partial charge in [-0.3, -0.25) is 0 Å². The van der Waals surface area contributed by atoms with Crippen molar-refractivity contribution < 1.29 is 18.3 Å². The highest BCUT2D eigenvalue weighted by molar-refractivity contribution is 5.45. The molecule has 1 heterocycles. The summed E-state index contributed by atoms with van der Waals surface area (Å²) in [5.74, 6) is -1.48. The molecule has 1 atom stereocenters. The lowest BCUT2D eigenvalue weighted by molar-refractivity contribution is -0.144. The molecular formula is C10H15F3N4O. The van der Waals surface area contributed by atoms with E-state index in [9.17, 15) is 13.2 Å². The maximum absolute atomic E-state index is 12.4. The molecule has 18 heavy (non-hydrogen) atoms. The number of nitrogens with two attached hydrogens (primary N) is 1. The SMILES string of the molecule is CC(CCCO)Nc1cc(N)nc(C(F)(F)F)n1. The van der Waals surface area contributed by atoms with E-state index >= 15 is 0 Å². The van der Waals surface area contributed by atoms with Crippen LogP contribution in [0.5, 0.6) is 0 Å². The van der Waals surface area contributed by atoms with Crippen LogP contribution in [0.1, 0.15) is 25.6 Å². The van der Waals surface area contributed by atoms with E-state index in [2.05, 4.69) is 15.3 Å². The molecule has 1 rings (SSSR count). The molecule has 102 valence electrons. The van der Waals surface area contributed by atoms with E-state index in [1.54, 1.807) is 6.92 Å². The Morgan fingerprint density at radius 2 is 2.11 bits per heavy atom. The van der Waals surface area contributed by atoms with Gasteiger partial charge in [-0.15, -0.1) is 0 Å². The number of anilines is 2. The van der Waals surface area contributed by atoms with Crippen LogP contribution < -0.4 is 11.1 Å². The van der Waals surface area contributed by atoms with Crippen LogP contribution in [0.25, 0.3) is 0 Å². The van der Waals surface area contributed by atoms with Crippen molar-refractivity contribution in [1.82, 2.24) is 9.97 Å². The highest BCUT2D eigenvalue weighted by Gasteiger charge is 2.35. The first-order valence-corrected chi connectivity index (χ1v) is 5.42. The van der Waals surface area contributed by atoms with Crippen molar-refractivity contribution in [2.45, 2.75) is 32.0 Å². The van der Waals surface area contributed by atoms with Crippen LogP contribution in [0.2, 0.25) is 0 Å². The minimum absolute atomic E-state index is 0.0280. The first kappa shape index (κ1) is 14.5. The number of hydrogen-bond acceptors (Lipinski definition) is 5. The summed E-state index contributed by atoms with van der Waals surface area (Å²) in [4.78, 5) is 6.50. The lowest BCUT2D eigenvalue weighted by Gasteiger charge is -2.15. The van der Waals surface area contributed by atoms with Crippen LogP contribution in [0.4, 0.5) is 24.8 Å². The number of hydrogen-bond donors (Lipinski definition) is 3. The van der Waals surface area contributed by atoms with Crippen molar-refractivity contribution in [1.29, 1.82) is 0 Å². The van der Waals surface area contributed by atoms with E-state index in [4.69, 9.17) is 10.8 Å². The first-order valence-electron chi connectivity index (χ1n) is 5.42. The molecule has 0 amide bonds. The van der Waals surface area contributed by atoms with Gasteiger partial charge in [-0.1, -0.05) is 0 Å². The molecule has 1 aromatic rings. The van der Waals surface area contributed by atoms with Crippen LogP contribution in [0, 0.1) is 0 Å². The van der Waals surface area contributed by atoms with Gasteiger partial charge in [0.2, 0.25) is 5.82 Å². The molecule has 5 nitrogen and oxygen atoms in total. The fraction of sp³-hybridized carbons (Fsp3) is 0.600. The number of aromatic nitrogens is 2. The van der Waals surface area contributed by atoms with Gasteiger partial charge < -0.3 is 16.2 Å². The quantitative estimate of drug-likeness (QED) is 0.753. The van der Waals surface area contributed by atoms with Crippen molar-refractivity contribution >= 4 is 11.6 Å². The van der Waals surface area contributed by atoms with Crippen LogP contribution in [0.15, 0.2) is 6.07 Å². The number of rotatable bonds is 5. The summed E-state index contributed by atoms with van der Waals surface area (Å²) >= 11 is 0. The smallest absolute Gasteiger partial charge is 0.396 e. The Bertz CT molecular complexity index is 397. The van der Waals surface area contributed by atoms with E-state index < -0.39 is 12.0 Å². The van der Waals surface area contributed by atoms with Crippen LogP contribution in [0.3, 0.4) is 0 Å². The van der Waals surface area contributed by atoms with Gasteiger partial charge in [0.1, 0.15) is 11.6 Å². The highest BCUT2D eigenvalue weighted by Crippen LogP contribution is 2.27. The van der Waals surface area contributed by atoms with E-state index in [1.165, 1.54) is 6.07 Å². The van der Waals surface area contributed by atoms with Crippen LogP contribution in [-0.2, 0) is 6.18 Å². The minimum atomic E-state index is -4.62. The number of aliphatic hydroxyl groups excluding tert-OH is 1. The van der Waals surface area contributed by atoms with Gasteiger partial charge in [-0.25, -0.2) is 9.97 Å². The predicted octanol–water partition coefficient (Wildman–Crippen LogP) is 1.65. The molecule has 0 bridgehead atoms. The van der Waals surface area contributed by atoms with Gasteiger partial charge >= 0.3 is 6.18 Å². The molecule has 0 saturated heterocycles. The number of nitrogens with one attached hydrogen (secondary N) is 1. The highest BCUT2D eigenvalue weighted by atomic mass is 19.4. The zero-order valence-corrected chi connectivity index (χ0v) is 9.83. The van der Waals surface area contributed by atoms with Crippen molar-refractivity contribution in [3.63, 3.8) is 0 Å². The number of alkyl halides is 3. The lowest BCUT2D eigenvalue weighted by atomic mass is 10.2. The molecule has 0 saturated carbocycles. The Balaban J connectivity index is 2.80.